The Morgan fingerprint density at radius 2 is 1.85 bits per heavy atom. The maximum atomic E-state index is 10.3. The third-order valence-corrected chi connectivity index (χ3v) is 2.42. The van der Waals surface area contributed by atoms with Gasteiger partial charge in [-0.25, -0.2) is 0 Å². The molecule has 0 aliphatic heterocycles. The van der Waals surface area contributed by atoms with Crippen LogP contribution in [-0.4, -0.2) is 24.0 Å². The predicted octanol–water partition coefficient (Wildman–Crippen LogP) is 1.04. The molecule has 0 spiro atoms. The van der Waals surface area contributed by atoms with Gasteiger partial charge in [-0.15, -0.1) is 0 Å². The van der Waals surface area contributed by atoms with E-state index in [1.165, 1.54) is 12.8 Å². The summed E-state index contributed by atoms with van der Waals surface area (Å²) >= 11 is 0. The molecule has 1 fully saturated rings. The lowest BCUT2D eigenvalue weighted by atomic mass is 10.0. The molecule has 1 amide bonds. The number of carbonyl (C=O) groups is 1. The van der Waals surface area contributed by atoms with E-state index in [1.807, 2.05) is 0 Å². The number of carbonyl (C=O) groups excluding carboxylic acids is 1. The molecule has 0 radical (unpaired) electrons. The summed E-state index contributed by atoms with van der Waals surface area (Å²) in [5.41, 5.74) is 0.137. The highest BCUT2D eigenvalue weighted by Crippen LogP contribution is 2.20. The average Bonchev–Trinajstić information content (AvgIpc) is 2.34. The Labute approximate surface area is 80.3 Å². The van der Waals surface area contributed by atoms with E-state index in [0.29, 0.717) is 12.1 Å². The molecule has 0 heterocycles. The second-order valence-corrected chi connectivity index (χ2v) is 4.82. The lowest BCUT2D eigenvalue weighted by Crippen LogP contribution is -2.51. The lowest BCUT2D eigenvalue weighted by molar-refractivity contribution is -0.110. The van der Waals surface area contributed by atoms with Crippen LogP contribution in [0, 0.1) is 0 Å². The van der Waals surface area contributed by atoms with Crippen molar-refractivity contribution in [3.05, 3.63) is 0 Å². The van der Waals surface area contributed by atoms with Gasteiger partial charge in [0.05, 0.1) is 0 Å². The van der Waals surface area contributed by atoms with Gasteiger partial charge >= 0.3 is 0 Å². The van der Waals surface area contributed by atoms with Crippen LogP contribution in [0.15, 0.2) is 0 Å². The maximum Gasteiger partial charge on any atom is 0.207 e. The SMILES string of the molecule is CC(C)(C)NC1CCCC1NC=O. The van der Waals surface area contributed by atoms with Crippen molar-refractivity contribution in [1.82, 2.24) is 10.6 Å². The molecule has 1 rings (SSSR count). The molecular weight excluding hydrogens is 164 g/mol. The van der Waals surface area contributed by atoms with E-state index in [9.17, 15) is 4.79 Å². The van der Waals surface area contributed by atoms with Crippen molar-refractivity contribution < 1.29 is 4.79 Å². The quantitative estimate of drug-likeness (QED) is 0.643. The summed E-state index contributed by atoms with van der Waals surface area (Å²) in [5, 5.41) is 6.41. The molecular formula is C10H20N2O. The van der Waals surface area contributed by atoms with Crippen molar-refractivity contribution in [2.24, 2.45) is 0 Å². The van der Waals surface area contributed by atoms with Gasteiger partial charge in [0.1, 0.15) is 0 Å². The van der Waals surface area contributed by atoms with Crippen LogP contribution in [0.4, 0.5) is 0 Å². The van der Waals surface area contributed by atoms with Crippen LogP contribution in [0.1, 0.15) is 40.0 Å². The van der Waals surface area contributed by atoms with E-state index in [1.54, 1.807) is 0 Å². The molecule has 1 aliphatic rings. The monoisotopic (exact) mass is 184 g/mol. The van der Waals surface area contributed by atoms with Crippen molar-refractivity contribution in [1.29, 1.82) is 0 Å². The smallest absolute Gasteiger partial charge is 0.207 e. The van der Waals surface area contributed by atoms with Crippen LogP contribution >= 0.6 is 0 Å². The van der Waals surface area contributed by atoms with E-state index < -0.39 is 0 Å². The zero-order valence-electron chi connectivity index (χ0n) is 8.76. The Balaban J connectivity index is 2.43. The van der Waals surface area contributed by atoms with Crippen LogP contribution in [0.5, 0.6) is 0 Å². The van der Waals surface area contributed by atoms with E-state index >= 15 is 0 Å². The molecule has 2 atom stereocenters. The third-order valence-electron chi connectivity index (χ3n) is 2.42. The Morgan fingerprint density at radius 3 is 2.38 bits per heavy atom. The van der Waals surface area contributed by atoms with E-state index in [0.717, 1.165) is 12.8 Å². The molecule has 13 heavy (non-hydrogen) atoms. The second-order valence-electron chi connectivity index (χ2n) is 4.82. The van der Waals surface area contributed by atoms with Crippen LogP contribution in [0.3, 0.4) is 0 Å². The average molecular weight is 184 g/mol. The molecule has 2 unspecified atom stereocenters. The minimum absolute atomic E-state index is 0.137. The molecule has 0 saturated heterocycles. The van der Waals surface area contributed by atoms with E-state index in [-0.39, 0.29) is 5.54 Å². The lowest BCUT2D eigenvalue weighted by Gasteiger charge is -2.29. The molecule has 0 aromatic heterocycles. The van der Waals surface area contributed by atoms with Crippen LogP contribution in [0.25, 0.3) is 0 Å². The van der Waals surface area contributed by atoms with Crippen LogP contribution in [0.2, 0.25) is 0 Å². The van der Waals surface area contributed by atoms with E-state index in [2.05, 4.69) is 31.4 Å². The zero-order chi connectivity index (χ0) is 9.90. The Morgan fingerprint density at radius 1 is 1.23 bits per heavy atom. The van der Waals surface area contributed by atoms with Gasteiger partial charge in [-0.1, -0.05) is 0 Å². The molecule has 0 aromatic carbocycles. The third kappa shape index (κ3) is 3.35. The van der Waals surface area contributed by atoms with Crippen LogP contribution < -0.4 is 10.6 Å². The first kappa shape index (κ1) is 10.5. The van der Waals surface area contributed by atoms with Gasteiger partial charge in [0.2, 0.25) is 6.41 Å². The first-order chi connectivity index (χ1) is 6.03. The summed E-state index contributed by atoms with van der Waals surface area (Å²) in [6.45, 7) is 6.47. The topological polar surface area (TPSA) is 41.1 Å². The van der Waals surface area contributed by atoms with Crippen molar-refractivity contribution in [2.45, 2.75) is 57.7 Å². The van der Waals surface area contributed by atoms with Gasteiger partial charge in [-0.05, 0) is 40.0 Å². The number of hydrogen-bond acceptors (Lipinski definition) is 2. The highest BCUT2D eigenvalue weighted by molar-refractivity contribution is 5.47. The van der Waals surface area contributed by atoms with Gasteiger partial charge < -0.3 is 10.6 Å². The van der Waals surface area contributed by atoms with Gasteiger partial charge in [0.15, 0.2) is 0 Å². The Hall–Kier alpha value is -0.570. The predicted molar refractivity (Wildman–Crippen MR) is 53.5 cm³/mol. The van der Waals surface area contributed by atoms with Crippen molar-refractivity contribution >= 4 is 6.41 Å². The summed E-state index contributed by atoms with van der Waals surface area (Å²) in [7, 11) is 0. The standard InChI is InChI=1S/C10H20N2O/c1-10(2,3)12-9-6-4-5-8(9)11-7-13/h7-9,12H,4-6H2,1-3H3,(H,11,13). The number of hydrogen-bond donors (Lipinski definition) is 2. The summed E-state index contributed by atoms with van der Waals surface area (Å²) in [4.78, 5) is 10.3. The molecule has 1 aliphatic carbocycles. The molecule has 0 aromatic rings. The minimum Gasteiger partial charge on any atom is -0.354 e. The molecule has 2 N–H and O–H groups in total. The number of amides is 1. The summed E-state index contributed by atoms with van der Waals surface area (Å²) in [6.07, 6.45) is 4.29. The van der Waals surface area contributed by atoms with Crippen LogP contribution in [-0.2, 0) is 4.79 Å². The fraction of sp³-hybridized carbons (Fsp3) is 0.900. The van der Waals surface area contributed by atoms with Gasteiger partial charge in [-0.3, -0.25) is 4.79 Å². The Bertz CT molecular complexity index is 174. The highest BCUT2D eigenvalue weighted by atomic mass is 16.1. The molecule has 1 saturated carbocycles. The normalized spacial score (nSPS) is 28.8. The maximum absolute atomic E-state index is 10.3. The fourth-order valence-corrected chi connectivity index (χ4v) is 1.98. The Kier molecular flexibility index (Phi) is 3.31. The number of rotatable bonds is 3. The molecule has 76 valence electrons. The van der Waals surface area contributed by atoms with Crippen molar-refractivity contribution in [3.63, 3.8) is 0 Å². The van der Waals surface area contributed by atoms with Gasteiger partial charge in [-0.2, -0.15) is 0 Å². The molecule has 0 bridgehead atoms. The van der Waals surface area contributed by atoms with Gasteiger partial charge in [0.25, 0.3) is 0 Å². The summed E-state index contributed by atoms with van der Waals surface area (Å²) in [6, 6.07) is 0.780. The minimum atomic E-state index is 0.137. The molecule has 3 heteroatoms. The largest absolute Gasteiger partial charge is 0.354 e. The fourth-order valence-electron chi connectivity index (χ4n) is 1.98. The summed E-state index contributed by atoms with van der Waals surface area (Å²) in [5.74, 6) is 0. The first-order valence-electron chi connectivity index (χ1n) is 5.00. The summed E-state index contributed by atoms with van der Waals surface area (Å²) < 4.78 is 0. The van der Waals surface area contributed by atoms with E-state index in [4.69, 9.17) is 0 Å². The van der Waals surface area contributed by atoms with Crippen molar-refractivity contribution in [3.8, 4) is 0 Å². The number of nitrogens with one attached hydrogen (secondary N) is 2. The first-order valence-corrected chi connectivity index (χ1v) is 5.00. The van der Waals surface area contributed by atoms with Gasteiger partial charge in [0, 0.05) is 17.6 Å². The second kappa shape index (κ2) is 4.09. The molecule has 3 nitrogen and oxygen atoms in total. The zero-order valence-corrected chi connectivity index (χ0v) is 8.76. The van der Waals surface area contributed by atoms with Crippen molar-refractivity contribution in [2.75, 3.05) is 0 Å². The highest BCUT2D eigenvalue weighted by Gasteiger charge is 2.29.